The maximum atomic E-state index is 10.5. The Morgan fingerprint density at radius 1 is 1.11 bits per heavy atom. The van der Waals surface area contributed by atoms with Crippen LogP contribution in [-0.4, -0.2) is 53.4 Å². The fourth-order valence-electron chi connectivity index (χ4n) is 3.64. The number of phenolic OH excluding ortho intramolecular Hbond substituents is 1. The first-order valence-corrected chi connectivity index (χ1v) is 12.4. The molecule has 2 aromatic heterocycles. The molecule has 3 heterocycles. The van der Waals surface area contributed by atoms with E-state index in [1.165, 1.54) is 5.57 Å². The SMILES string of the molecule is C/C=C(\C)OC.C/C=C(\C)c1c[nH]c2ncc(-c3ccc(CN4CCOCC4)c(O)c3)cc12.CC. The zero-order chi connectivity index (χ0) is 25.8. The van der Waals surface area contributed by atoms with Gasteiger partial charge in [0.1, 0.15) is 11.4 Å². The molecular weight excluding hydrogens is 438 g/mol. The van der Waals surface area contributed by atoms with Crippen molar-refractivity contribution >= 4 is 16.6 Å². The topological polar surface area (TPSA) is 70.6 Å². The first kappa shape index (κ1) is 28.1. The van der Waals surface area contributed by atoms with Gasteiger partial charge >= 0.3 is 0 Å². The molecule has 0 saturated carbocycles. The number of nitrogens with one attached hydrogen (secondary N) is 1. The maximum absolute atomic E-state index is 10.5. The van der Waals surface area contributed by atoms with E-state index >= 15 is 0 Å². The van der Waals surface area contributed by atoms with Gasteiger partial charge in [-0.15, -0.1) is 0 Å². The van der Waals surface area contributed by atoms with Crippen molar-refractivity contribution in [3.63, 3.8) is 0 Å². The molecule has 0 atom stereocenters. The number of H-pyrrole nitrogens is 1. The average Bonchev–Trinajstić information content (AvgIpc) is 3.34. The van der Waals surface area contributed by atoms with E-state index in [4.69, 9.17) is 9.47 Å². The molecular formula is C29H41N3O3. The molecule has 3 aromatic rings. The number of benzene rings is 1. The van der Waals surface area contributed by atoms with Gasteiger partial charge in [-0.3, -0.25) is 4.90 Å². The molecule has 190 valence electrons. The van der Waals surface area contributed by atoms with E-state index in [1.807, 2.05) is 65.2 Å². The summed E-state index contributed by atoms with van der Waals surface area (Å²) in [6.07, 6.45) is 7.87. The number of methoxy groups -OCH3 is 1. The minimum Gasteiger partial charge on any atom is -0.508 e. The molecule has 2 N–H and O–H groups in total. The van der Waals surface area contributed by atoms with Crippen molar-refractivity contribution in [1.82, 2.24) is 14.9 Å². The summed E-state index contributed by atoms with van der Waals surface area (Å²) < 4.78 is 10.2. The van der Waals surface area contributed by atoms with E-state index in [-0.39, 0.29) is 0 Å². The summed E-state index contributed by atoms with van der Waals surface area (Å²) >= 11 is 0. The maximum Gasteiger partial charge on any atom is 0.137 e. The lowest BCUT2D eigenvalue weighted by molar-refractivity contribution is 0.0339. The van der Waals surface area contributed by atoms with Gasteiger partial charge in [-0.1, -0.05) is 38.1 Å². The second kappa shape index (κ2) is 14.3. The van der Waals surface area contributed by atoms with E-state index in [2.05, 4.69) is 40.0 Å². The van der Waals surface area contributed by atoms with Crippen LogP contribution in [0.2, 0.25) is 0 Å². The second-order valence-electron chi connectivity index (χ2n) is 8.13. The van der Waals surface area contributed by atoms with Crippen LogP contribution in [0.15, 0.2) is 54.6 Å². The highest BCUT2D eigenvalue weighted by Gasteiger charge is 2.14. The Bertz CT molecular complexity index is 1130. The minimum atomic E-state index is 0.331. The van der Waals surface area contributed by atoms with Crippen molar-refractivity contribution in [3.8, 4) is 16.9 Å². The molecule has 1 aliphatic heterocycles. The van der Waals surface area contributed by atoms with Crippen molar-refractivity contribution in [2.75, 3.05) is 33.4 Å². The molecule has 0 bridgehead atoms. The Labute approximate surface area is 210 Å². The summed E-state index contributed by atoms with van der Waals surface area (Å²) in [4.78, 5) is 10.1. The van der Waals surface area contributed by atoms with Crippen LogP contribution in [0.25, 0.3) is 27.7 Å². The normalized spacial score (nSPS) is 14.6. The van der Waals surface area contributed by atoms with E-state index in [0.29, 0.717) is 5.75 Å². The lowest BCUT2D eigenvalue weighted by atomic mass is 10.0. The highest BCUT2D eigenvalue weighted by Crippen LogP contribution is 2.31. The molecule has 6 heteroatoms. The number of hydrogen-bond donors (Lipinski definition) is 2. The van der Waals surface area contributed by atoms with Gasteiger partial charge in [-0.25, -0.2) is 4.98 Å². The first-order valence-electron chi connectivity index (χ1n) is 12.4. The highest BCUT2D eigenvalue weighted by molar-refractivity contribution is 5.92. The molecule has 4 rings (SSSR count). The smallest absolute Gasteiger partial charge is 0.137 e. The molecule has 1 fully saturated rings. The molecule has 0 radical (unpaired) electrons. The van der Waals surface area contributed by atoms with Gasteiger partial charge in [0.05, 0.1) is 26.1 Å². The third kappa shape index (κ3) is 7.70. The molecule has 0 unspecified atom stereocenters. The predicted octanol–water partition coefficient (Wildman–Crippen LogP) is 6.77. The van der Waals surface area contributed by atoms with Gasteiger partial charge in [0.2, 0.25) is 0 Å². The van der Waals surface area contributed by atoms with Crippen LogP contribution in [0, 0.1) is 0 Å². The molecule has 1 aliphatic rings. The van der Waals surface area contributed by atoms with Crippen molar-refractivity contribution in [1.29, 1.82) is 0 Å². The highest BCUT2D eigenvalue weighted by atomic mass is 16.5. The van der Waals surface area contributed by atoms with Crippen molar-refractivity contribution in [2.24, 2.45) is 0 Å². The number of hydrogen-bond acceptors (Lipinski definition) is 5. The zero-order valence-corrected chi connectivity index (χ0v) is 22.3. The number of aromatic nitrogens is 2. The number of aromatic amines is 1. The summed E-state index contributed by atoms with van der Waals surface area (Å²) in [5.74, 6) is 1.30. The Balaban J connectivity index is 0.000000474. The van der Waals surface area contributed by atoms with Crippen LogP contribution in [0.1, 0.15) is 52.7 Å². The molecule has 6 nitrogen and oxygen atoms in total. The zero-order valence-electron chi connectivity index (χ0n) is 22.3. The van der Waals surface area contributed by atoms with Gasteiger partial charge in [-0.05, 0) is 51.0 Å². The number of rotatable bonds is 5. The van der Waals surface area contributed by atoms with Gasteiger partial charge < -0.3 is 19.6 Å². The van der Waals surface area contributed by atoms with Gasteiger partial charge in [-0.2, -0.15) is 0 Å². The summed E-state index contributed by atoms with van der Waals surface area (Å²) in [6, 6.07) is 8.05. The minimum absolute atomic E-state index is 0.331. The standard InChI is InChI=1S/C22H25N3O2.C5H10O.C2H6/c1-3-15(2)20-13-24-22-19(20)10-18(12-23-22)16-4-5-17(21(26)11-16)14-25-6-8-27-9-7-25;1-4-5(2)6-3;1-2/h3-5,10-13,26H,6-9,14H2,1-2H3,(H,23,24);4H,1-3H3;1-2H3/b15-3+;5-4+;. The number of morpholine rings is 1. The number of pyridine rings is 1. The van der Waals surface area contributed by atoms with Crippen LogP contribution >= 0.6 is 0 Å². The van der Waals surface area contributed by atoms with E-state index < -0.39 is 0 Å². The predicted molar refractivity (Wildman–Crippen MR) is 146 cm³/mol. The van der Waals surface area contributed by atoms with Crippen LogP contribution in [0.4, 0.5) is 0 Å². The Kier molecular flexibility index (Phi) is 11.5. The first-order chi connectivity index (χ1) is 17.0. The van der Waals surface area contributed by atoms with E-state index in [0.717, 1.165) is 71.9 Å². The average molecular weight is 480 g/mol. The summed E-state index contributed by atoms with van der Waals surface area (Å²) in [5.41, 5.74) is 6.17. The van der Waals surface area contributed by atoms with E-state index in [1.54, 1.807) is 7.11 Å². The number of allylic oxidation sites excluding steroid dienone is 4. The summed E-state index contributed by atoms with van der Waals surface area (Å²) in [5, 5.41) is 11.6. The third-order valence-corrected chi connectivity index (χ3v) is 6.03. The van der Waals surface area contributed by atoms with Crippen molar-refractivity contribution in [2.45, 2.75) is 48.1 Å². The van der Waals surface area contributed by atoms with Gasteiger partial charge in [0, 0.05) is 54.1 Å². The largest absolute Gasteiger partial charge is 0.508 e. The molecule has 0 aliphatic carbocycles. The quantitative estimate of drug-likeness (QED) is 0.395. The van der Waals surface area contributed by atoms with Crippen molar-refractivity contribution < 1.29 is 14.6 Å². The summed E-state index contributed by atoms with van der Waals surface area (Å²) in [7, 11) is 1.66. The number of ether oxygens (including phenoxy) is 2. The molecule has 1 aromatic carbocycles. The fourth-order valence-corrected chi connectivity index (χ4v) is 3.64. The number of phenols is 1. The fraction of sp³-hybridized carbons (Fsp3) is 0.414. The Morgan fingerprint density at radius 2 is 1.83 bits per heavy atom. The van der Waals surface area contributed by atoms with Crippen LogP contribution in [0.3, 0.4) is 0 Å². The molecule has 1 saturated heterocycles. The van der Waals surface area contributed by atoms with Crippen LogP contribution in [0.5, 0.6) is 5.75 Å². The second-order valence-corrected chi connectivity index (χ2v) is 8.13. The lowest BCUT2D eigenvalue weighted by Gasteiger charge is -2.26. The van der Waals surface area contributed by atoms with Crippen LogP contribution in [-0.2, 0) is 16.0 Å². The van der Waals surface area contributed by atoms with Crippen LogP contribution < -0.4 is 0 Å². The lowest BCUT2D eigenvalue weighted by Crippen LogP contribution is -2.35. The molecule has 35 heavy (non-hydrogen) atoms. The Morgan fingerprint density at radius 3 is 2.40 bits per heavy atom. The molecule has 0 amide bonds. The van der Waals surface area contributed by atoms with Gasteiger partial charge in [0.25, 0.3) is 0 Å². The summed E-state index contributed by atoms with van der Waals surface area (Å²) in [6.45, 7) is 16.1. The third-order valence-electron chi connectivity index (χ3n) is 6.03. The monoisotopic (exact) mass is 479 g/mol. The van der Waals surface area contributed by atoms with Crippen molar-refractivity contribution in [3.05, 3.63) is 65.7 Å². The molecule has 0 spiro atoms. The number of fused-ring (bicyclic) bond motifs is 1. The Hall–Kier alpha value is -3.09. The number of nitrogens with zero attached hydrogens (tertiary/aromatic N) is 2. The number of aromatic hydroxyl groups is 1. The van der Waals surface area contributed by atoms with E-state index in [9.17, 15) is 5.11 Å². The van der Waals surface area contributed by atoms with Gasteiger partial charge in [0.15, 0.2) is 0 Å².